The zero-order valence-electron chi connectivity index (χ0n) is 6.46. The summed E-state index contributed by atoms with van der Waals surface area (Å²) in [5, 5.41) is 6.05. The van der Waals surface area contributed by atoms with E-state index in [0.29, 0.717) is 0 Å². The first-order chi connectivity index (χ1) is 6.16. The number of nitrogens with one attached hydrogen (secondary N) is 1. The number of urea groups is 1. The van der Waals surface area contributed by atoms with E-state index in [-0.39, 0.29) is 0 Å². The Morgan fingerprint density at radius 3 is 1.93 bits per heavy atom. The van der Waals surface area contributed by atoms with E-state index in [2.05, 4.69) is 16.3 Å². The number of hydrogen-bond donors (Lipinski definition) is 3. The van der Waals surface area contributed by atoms with Gasteiger partial charge in [-0.3, -0.25) is 5.41 Å². The van der Waals surface area contributed by atoms with Crippen LogP contribution in [0.15, 0.2) is 0 Å². The number of halogens is 3. The van der Waals surface area contributed by atoms with Gasteiger partial charge in [0.1, 0.15) is 0 Å². The third kappa shape index (κ3) is 3.16. The molecule has 0 rings (SSSR count). The lowest BCUT2D eigenvalue weighted by atomic mass is 10.7. The molecule has 0 bridgehead atoms. The summed E-state index contributed by atoms with van der Waals surface area (Å²) < 4.78 is 34.7. The monoisotopic (exact) mass is 214 g/mol. The second-order valence-electron chi connectivity index (χ2n) is 1.89. The normalized spacial score (nSPS) is 10.5. The first-order valence-electron chi connectivity index (χ1n) is 2.89. The third-order valence-electron chi connectivity index (χ3n) is 0.825. The quantitative estimate of drug-likeness (QED) is 0.279. The van der Waals surface area contributed by atoms with Crippen LogP contribution in [0.4, 0.5) is 18.0 Å². The summed E-state index contributed by atoms with van der Waals surface area (Å²) in [6, 6.07) is -1.62. The molecule has 0 aliphatic heterocycles. The highest BCUT2D eigenvalue weighted by atomic mass is 19.4. The molecule has 0 fully saturated rings. The number of carbonyl (C=O) groups is 2. The second-order valence-corrected chi connectivity index (χ2v) is 1.89. The topological polar surface area (TPSA) is 122 Å². The van der Waals surface area contributed by atoms with Crippen LogP contribution in [0.2, 0.25) is 0 Å². The van der Waals surface area contributed by atoms with Gasteiger partial charge in [0.15, 0.2) is 0 Å². The fraction of sp³-hybridized carbons (Fsp3) is 0.250. The summed E-state index contributed by atoms with van der Waals surface area (Å²) in [5.74, 6) is -3.94. The number of rotatable bonds is 0. The maximum Gasteiger partial charge on any atom is 0.493 e. The van der Waals surface area contributed by atoms with Crippen LogP contribution in [0.3, 0.4) is 0 Å². The predicted molar refractivity (Wildman–Crippen MR) is 35.5 cm³/mol. The van der Waals surface area contributed by atoms with Gasteiger partial charge in [-0.1, -0.05) is 5.06 Å². The molecule has 0 atom stereocenters. The summed E-state index contributed by atoms with van der Waals surface area (Å²) in [6.07, 6.45) is -5.30. The van der Waals surface area contributed by atoms with Crippen LogP contribution in [-0.2, 0) is 9.63 Å². The zero-order chi connectivity index (χ0) is 11.5. The van der Waals surface area contributed by atoms with Crippen LogP contribution in [0.25, 0.3) is 0 Å². The van der Waals surface area contributed by atoms with Crippen molar-refractivity contribution in [3.63, 3.8) is 0 Å². The number of nitrogens with two attached hydrogens (primary N) is 2. The van der Waals surface area contributed by atoms with Gasteiger partial charge in [-0.15, -0.1) is 0 Å². The third-order valence-corrected chi connectivity index (χ3v) is 0.825. The Labute approximate surface area is 74.8 Å². The van der Waals surface area contributed by atoms with Gasteiger partial charge in [0.05, 0.1) is 0 Å². The van der Waals surface area contributed by atoms with E-state index in [9.17, 15) is 22.8 Å². The Morgan fingerprint density at radius 2 is 1.71 bits per heavy atom. The molecule has 0 aliphatic carbocycles. The molecule has 5 N–H and O–H groups in total. The fourth-order valence-electron chi connectivity index (χ4n) is 0.348. The van der Waals surface area contributed by atoms with Crippen molar-refractivity contribution in [2.75, 3.05) is 0 Å². The van der Waals surface area contributed by atoms with E-state index in [1.165, 1.54) is 0 Å². The molecule has 14 heavy (non-hydrogen) atoms. The van der Waals surface area contributed by atoms with Gasteiger partial charge < -0.3 is 16.3 Å². The van der Waals surface area contributed by atoms with E-state index >= 15 is 0 Å². The molecule has 0 saturated heterocycles. The molecule has 80 valence electrons. The average molecular weight is 214 g/mol. The van der Waals surface area contributed by atoms with Crippen molar-refractivity contribution in [2.24, 2.45) is 11.5 Å². The number of hydroxylamine groups is 2. The molecule has 0 unspecified atom stereocenters. The number of primary amides is 1. The number of hydrogen-bond acceptors (Lipinski definition) is 4. The van der Waals surface area contributed by atoms with Gasteiger partial charge in [-0.25, -0.2) is 9.59 Å². The van der Waals surface area contributed by atoms with Crippen LogP contribution < -0.4 is 11.5 Å². The first-order valence-corrected chi connectivity index (χ1v) is 2.89. The molecule has 0 aromatic carbocycles. The lowest BCUT2D eigenvalue weighted by molar-refractivity contribution is -0.218. The van der Waals surface area contributed by atoms with Gasteiger partial charge in [-0.2, -0.15) is 13.2 Å². The number of carbonyl (C=O) groups excluding carboxylic acids is 2. The van der Waals surface area contributed by atoms with Gasteiger partial charge in [0.2, 0.25) is 5.96 Å². The van der Waals surface area contributed by atoms with Crippen molar-refractivity contribution < 1.29 is 27.6 Å². The van der Waals surface area contributed by atoms with Crippen LogP contribution in [0.5, 0.6) is 0 Å². The van der Waals surface area contributed by atoms with Crippen molar-refractivity contribution in [3.05, 3.63) is 0 Å². The molecule has 0 aliphatic rings. The molecule has 0 saturated carbocycles. The lowest BCUT2D eigenvalue weighted by Gasteiger charge is -2.16. The van der Waals surface area contributed by atoms with E-state index in [1.54, 1.807) is 0 Å². The Bertz CT molecular complexity index is 261. The van der Waals surface area contributed by atoms with E-state index in [0.717, 1.165) is 0 Å². The minimum atomic E-state index is -5.30. The Balaban J connectivity index is 4.56. The number of guanidine groups is 1. The van der Waals surface area contributed by atoms with Gasteiger partial charge >= 0.3 is 18.2 Å². The van der Waals surface area contributed by atoms with Crippen molar-refractivity contribution in [3.8, 4) is 0 Å². The summed E-state index contributed by atoms with van der Waals surface area (Å²) in [5.41, 5.74) is 9.04. The Kier molecular flexibility index (Phi) is 3.26. The molecule has 10 heteroatoms. The van der Waals surface area contributed by atoms with Crippen molar-refractivity contribution in [1.82, 2.24) is 5.06 Å². The highest BCUT2D eigenvalue weighted by molar-refractivity contribution is 5.93. The molecular formula is C4H5F3N4O3. The molecule has 0 heterocycles. The van der Waals surface area contributed by atoms with Crippen LogP contribution in [0, 0.1) is 5.41 Å². The maximum atomic E-state index is 11.6. The summed E-state index contributed by atoms with van der Waals surface area (Å²) in [7, 11) is 0. The smallest absolute Gasteiger partial charge is 0.367 e. The largest absolute Gasteiger partial charge is 0.493 e. The van der Waals surface area contributed by atoms with E-state index in [4.69, 9.17) is 5.41 Å². The number of amides is 2. The number of nitrogens with zero attached hydrogens (tertiary/aromatic N) is 1. The summed E-state index contributed by atoms with van der Waals surface area (Å²) >= 11 is 0. The molecule has 0 aromatic rings. The highest BCUT2D eigenvalue weighted by Crippen LogP contribution is 2.17. The van der Waals surface area contributed by atoms with Crippen molar-refractivity contribution in [1.29, 1.82) is 5.41 Å². The molecule has 0 spiro atoms. The van der Waals surface area contributed by atoms with Gasteiger partial charge in [-0.05, 0) is 0 Å². The molecule has 0 aromatic heterocycles. The predicted octanol–water partition coefficient (Wildman–Crippen LogP) is -0.719. The SMILES string of the molecule is N=C(N)N(OC(=O)C(F)(F)F)C(N)=O. The fourth-order valence-corrected chi connectivity index (χ4v) is 0.348. The van der Waals surface area contributed by atoms with Crippen molar-refractivity contribution in [2.45, 2.75) is 6.18 Å². The highest BCUT2D eigenvalue weighted by Gasteiger charge is 2.43. The molecule has 2 amide bonds. The Morgan fingerprint density at radius 1 is 1.29 bits per heavy atom. The van der Waals surface area contributed by atoms with Crippen molar-refractivity contribution >= 4 is 18.0 Å². The minimum Gasteiger partial charge on any atom is -0.367 e. The molecular weight excluding hydrogens is 209 g/mol. The van der Waals surface area contributed by atoms with Crippen LogP contribution in [0.1, 0.15) is 0 Å². The molecule has 0 radical (unpaired) electrons. The Hall–Kier alpha value is -2.00. The van der Waals surface area contributed by atoms with E-state index in [1.807, 2.05) is 0 Å². The van der Waals surface area contributed by atoms with Crippen LogP contribution >= 0.6 is 0 Å². The van der Waals surface area contributed by atoms with Gasteiger partial charge in [0, 0.05) is 0 Å². The molecule has 7 nitrogen and oxygen atoms in total. The van der Waals surface area contributed by atoms with Gasteiger partial charge in [0.25, 0.3) is 0 Å². The standard InChI is InChI=1S/C4H5F3N4O3/c5-4(6,7)1(12)14-11(2(8)9)3(10)13/h(H3,8,9)(H2,10,13). The second kappa shape index (κ2) is 3.81. The zero-order valence-corrected chi connectivity index (χ0v) is 6.46. The maximum absolute atomic E-state index is 11.6. The lowest BCUT2D eigenvalue weighted by Crippen LogP contribution is -2.47. The van der Waals surface area contributed by atoms with E-state index < -0.39 is 29.2 Å². The first kappa shape index (κ1) is 12.0. The average Bonchev–Trinajstić information content (AvgIpc) is 1.96. The summed E-state index contributed by atoms with van der Waals surface area (Å²) in [4.78, 5) is 23.8. The number of alkyl halides is 3. The van der Waals surface area contributed by atoms with Crippen LogP contribution in [-0.4, -0.2) is 29.2 Å². The minimum absolute atomic E-state index is 0.490. The summed E-state index contributed by atoms with van der Waals surface area (Å²) in [6.45, 7) is 0.